The highest BCUT2D eigenvalue weighted by Gasteiger charge is 2.13. The van der Waals surface area contributed by atoms with Gasteiger partial charge in [-0.05, 0) is 69.4 Å². The Labute approximate surface area is 284 Å². The van der Waals surface area contributed by atoms with E-state index in [9.17, 15) is 0 Å². The third-order valence-electron chi connectivity index (χ3n) is 9.00. The van der Waals surface area contributed by atoms with Crippen molar-refractivity contribution in [3.63, 3.8) is 0 Å². The summed E-state index contributed by atoms with van der Waals surface area (Å²) in [5.74, 6) is 1.52. The van der Waals surface area contributed by atoms with Crippen LogP contribution in [0.1, 0.15) is 0 Å². The summed E-state index contributed by atoms with van der Waals surface area (Å²) in [6, 6.07) is 56.7. The summed E-state index contributed by atoms with van der Waals surface area (Å²) in [5, 5.41) is 3.44. The minimum Gasteiger partial charge on any atom is -0.456 e. The zero-order chi connectivity index (χ0) is 32.6. The fourth-order valence-electron chi connectivity index (χ4n) is 6.36. The molecule has 0 unspecified atom stereocenters. The van der Waals surface area contributed by atoms with E-state index in [4.69, 9.17) is 14.4 Å². The van der Waals surface area contributed by atoms with Gasteiger partial charge in [0.25, 0.3) is 0 Å². The Morgan fingerprint density at radius 3 is 1.71 bits per heavy atom. The Morgan fingerprint density at radius 1 is 0.367 bits per heavy atom. The van der Waals surface area contributed by atoms with Crippen molar-refractivity contribution in [3.05, 3.63) is 176 Å². The molecule has 230 valence electrons. The molecule has 0 atom stereocenters. The zero-order valence-corrected chi connectivity index (χ0v) is 26.5. The zero-order valence-electron chi connectivity index (χ0n) is 26.5. The molecule has 0 spiro atoms. The van der Waals surface area contributed by atoms with Crippen molar-refractivity contribution in [2.24, 2.45) is 0 Å². The first-order chi connectivity index (χ1) is 24.2. The van der Waals surface area contributed by atoms with Gasteiger partial charge in [0, 0.05) is 40.0 Å². The Balaban J connectivity index is 1.12. The average Bonchev–Trinajstić information content (AvgIpc) is 3.63. The lowest BCUT2D eigenvalue weighted by atomic mass is 9.98. The van der Waals surface area contributed by atoms with E-state index in [2.05, 4.69) is 138 Å². The summed E-state index contributed by atoms with van der Waals surface area (Å²) in [6.07, 6.45) is 3.67. The Kier molecular flexibility index (Phi) is 7.10. The molecular formula is C45H29N3O. The summed E-state index contributed by atoms with van der Waals surface area (Å²) in [7, 11) is 0. The van der Waals surface area contributed by atoms with Gasteiger partial charge in [0.1, 0.15) is 11.3 Å². The number of rotatable bonds is 6. The molecule has 0 amide bonds. The third-order valence-corrected chi connectivity index (χ3v) is 9.00. The monoisotopic (exact) mass is 627 g/mol. The Hall–Kier alpha value is -6.65. The molecule has 0 aliphatic heterocycles. The van der Waals surface area contributed by atoms with Crippen LogP contribution in [-0.4, -0.2) is 15.0 Å². The number of aromatic nitrogens is 3. The number of fused-ring (bicyclic) bond motifs is 2. The normalized spacial score (nSPS) is 11.3. The van der Waals surface area contributed by atoms with Crippen LogP contribution in [0.2, 0.25) is 0 Å². The lowest BCUT2D eigenvalue weighted by molar-refractivity contribution is 0.631. The number of furan rings is 1. The molecule has 4 heteroatoms. The van der Waals surface area contributed by atoms with E-state index in [1.54, 1.807) is 6.20 Å². The molecule has 49 heavy (non-hydrogen) atoms. The van der Waals surface area contributed by atoms with Crippen LogP contribution in [0.25, 0.3) is 89.2 Å². The second-order valence-corrected chi connectivity index (χ2v) is 12.1. The van der Waals surface area contributed by atoms with Gasteiger partial charge in [0.15, 0.2) is 5.82 Å². The fourth-order valence-corrected chi connectivity index (χ4v) is 6.36. The second kappa shape index (κ2) is 12.2. The molecule has 6 aromatic carbocycles. The van der Waals surface area contributed by atoms with Gasteiger partial charge in [-0.1, -0.05) is 127 Å². The molecule has 9 aromatic rings. The number of hydrogen-bond donors (Lipinski definition) is 0. The molecular weight excluding hydrogens is 599 g/mol. The van der Waals surface area contributed by atoms with E-state index in [0.29, 0.717) is 5.82 Å². The van der Waals surface area contributed by atoms with Crippen LogP contribution in [0.3, 0.4) is 0 Å². The first-order valence-electron chi connectivity index (χ1n) is 16.3. The summed E-state index contributed by atoms with van der Waals surface area (Å²) < 4.78 is 6.13. The molecule has 4 nitrogen and oxygen atoms in total. The van der Waals surface area contributed by atoms with Crippen molar-refractivity contribution in [2.75, 3.05) is 0 Å². The largest absolute Gasteiger partial charge is 0.456 e. The number of hydrogen-bond acceptors (Lipinski definition) is 4. The van der Waals surface area contributed by atoms with Crippen molar-refractivity contribution in [1.82, 2.24) is 15.0 Å². The maximum atomic E-state index is 6.13. The molecule has 0 bridgehead atoms. The van der Waals surface area contributed by atoms with Gasteiger partial charge in [-0.25, -0.2) is 9.97 Å². The molecule has 0 aliphatic rings. The summed E-state index contributed by atoms with van der Waals surface area (Å²) in [6.45, 7) is 0. The summed E-state index contributed by atoms with van der Waals surface area (Å²) >= 11 is 0. The summed E-state index contributed by atoms with van der Waals surface area (Å²) in [5.41, 5.74) is 11.2. The molecule has 0 saturated carbocycles. The molecule has 0 saturated heterocycles. The van der Waals surface area contributed by atoms with Crippen molar-refractivity contribution in [3.8, 4) is 67.5 Å². The lowest BCUT2D eigenvalue weighted by Crippen LogP contribution is -1.96. The lowest BCUT2D eigenvalue weighted by Gasteiger charge is -2.11. The highest BCUT2D eigenvalue weighted by atomic mass is 16.3. The minimum absolute atomic E-state index is 0.672. The topological polar surface area (TPSA) is 51.8 Å². The quantitative estimate of drug-likeness (QED) is 0.184. The van der Waals surface area contributed by atoms with E-state index in [1.807, 2.05) is 36.5 Å². The van der Waals surface area contributed by atoms with Crippen LogP contribution in [0.4, 0.5) is 0 Å². The maximum absolute atomic E-state index is 6.13. The summed E-state index contributed by atoms with van der Waals surface area (Å²) in [4.78, 5) is 14.5. The van der Waals surface area contributed by atoms with Crippen LogP contribution >= 0.6 is 0 Å². The molecule has 9 rings (SSSR count). The molecule has 0 radical (unpaired) electrons. The van der Waals surface area contributed by atoms with Gasteiger partial charge >= 0.3 is 0 Å². The van der Waals surface area contributed by atoms with Crippen molar-refractivity contribution < 1.29 is 4.42 Å². The SMILES string of the molecule is c1ccc(-c2ccc3cc(-c4cc(-c5ccc(-c6cc7ccccc7o6)cc5)nc(-c5ccc(-c6cccnc6)cc5)n4)ccc3c2)cc1. The smallest absolute Gasteiger partial charge is 0.160 e. The van der Waals surface area contributed by atoms with E-state index >= 15 is 0 Å². The molecule has 3 heterocycles. The van der Waals surface area contributed by atoms with Crippen molar-refractivity contribution in [1.29, 1.82) is 0 Å². The predicted octanol–water partition coefficient (Wildman–Crippen LogP) is 11.8. The number of benzene rings is 6. The first-order valence-corrected chi connectivity index (χ1v) is 16.3. The van der Waals surface area contributed by atoms with Crippen LogP contribution < -0.4 is 0 Å². The predicted molar refractivity (Wildman–Crippen MR) is 200 cm³/mol. The first kappa shape index (κ1) is 28.6. The Morgan fingerprint density at radius 2 is 0.959 bits per heavy atom. The van der Waals surface area contributed by atoms with Crippen LogP contribution in [0.15, 0.2) is 181 Å². The average molecular weight is 628 g/mol. The third kappa shape index (κ3) is 5.66. The van der Waals surface area contributed by atoms with E-state index < -0.39 is 0 Å². The van der Waals surface area contributed by atoms with E-state index in [1.165, 1.54) is 16.5 Å². The second-order valence-electron chi connectivity index (χ2n) is 12.1. The van der Waals surface area contributed by atoms with Gasteiger partial charge in [-0.3, -0.25) is 4.98 Å². The van der Waals surface area contributed by atoms with Gasteiger partial charge in [-0.15, -0.1) is 0 Å². The van der Waals surface area contributed by atoms with E-state index in [0.717, 1.165) is 66.9 Å². The van der Waals surface area contributed by atoms with Gasteiger partial charge in [0.05, 0.1) is 11.4 Å². The van der Waals surface area contributed by atoms with Crippen molar-refractivity contribution in [2.45, 2.75) is 0 Å². The van der Waals surface area contributed by atoms with Crippen LogP contribution in [0.5, 0.6) is 0 Å². The van der Waals surface area contributed by atoms with Gasteiger partial charge in [0.2, 0.25) is 0 Å². The van der Waals surface area contributed by atoms with Gasteiger partial charge < -0.3 is 4.42 Å². The number of para-hydroxylation sites is 1. The minimum atomic E-state index is 0.672. The highest BCUT2D eigenvalue weighted by molar-refractivity contribution is 5.91. The highest BCUT2D eigenvalue weighted by Crippen LogP contribution is 2.34. The number of pyridine rings is 1. The van der Waals surface area contributed by atoms with Crippen LogP contribution in [-0.2, 0) is 0 Å². The molecule has 0 N–H and O–H groups in total. The van der Waals surface area contributed by atoms with Gasteiger partial charge in [-0.2, -0.15) is 0 Å². The molecule has 3 aromatic heterocycles. The molecule has 0 fully saturated rings. The standard InChI is InChI=1S/C45H29N3O/c1-2-7-30(8-3-1)35-20-21-37-26-38(23-22-36(37)25-35)42-28-41(32-14-16-33(17-15-32)44-27-39-9-4-5-11-43(39)49-44)47-45(48-42)34-18-12-31(13-19-34)40-10-6-24-46-29-40/h1-29H. The van der Waals surface area contributed by atoms with E-state index in [-0.39, 0.29) is 0 Å². The fraction of sp³-hybridized carbons (Fsp3) is 0. The maximum Gasteiger partial charge on any atom is 0.160 e. The Bertz CT molecular complexity index is 2540. The van der Waals surface area contributed by atoms with Crippen LogP contribution in [0, 0.1) is 0 Å². The van der Waals surface area contributed by atoms with Crippen molar-refractivity contribution >= 4 is 21.7 Å². The number of nitrogens with zero attached hydrogens (tertiary/aromatic N) is 3. The molecule has 0 aliphatic carbocycles.